The van der Waals surface area contributed by atoms with Crippen molar-refractivity contribution in [2.45, 2.75) is 6.42 Å². The fraction of sp³-hybridized carbons (Fsp3) is 0.231. The third-order valence-corrected chi connectivity index (χ3v) is 2.88. The minimum atomic E-state index is -1.03. The van der Waals surface area contributed by atoms with E-state index in [1.165, 1.54) is 6.08 Å². The summed E-state index contributed by atoms with van der Waals surface area (Å²) in [5.74, 6) is -0.630. The first kappa shape index (κ1) is 15.2. The van der Waals surface area contributed by atoms with Gasteiger partial charge in [0.05, 0.1) is 17.5 Å². The molecule has 0 aliphatic rings. The molecular formula is C13H14BrNO4. The highest BCUT2D eigenvalue weighted by Gasteiger charge is 2.07. The molecule has 0 aliphatic carbocycles. The molecule has 0 aliphatic heterocycles. The number of carboxylic acids is 1. The Bertz CT molecular complexity index is 499. The van der Waals surface area contributed by atoms with Crippen LogP contribution in [0.1, 0.15) is 12.0 Å². The Balaban J connectivity index is 2.80. The molecule has 1 aromatic rings. The lowest BCUT2D eigenvalue weighted by Crippen LogP contribution is -2.20. The summed E-state index contributed by atoms with van der Waals surface area (Å²) < 4.78 is 6.23. The van der Waals surface area contributed by atoms with Gasteiger partial charge in [0.2, 0.25) is 5.91 Å². The standard InChI is InChI=1S/C13H14BrNO4/c1-15-11(16)7-8-19-13-9(5-6-12(17)18)3-2-4-10(13)14/h2-6H,7-8H2,1H3,(H,15,16)(H,17,18). The lowest BCUT2D eigenvalue weighted by Gasteiger charge is -2.10. The average Bonchev–Trinajstić information content (AvgIpc) is 2.38. The van der Waals surface area contributed by atoms with Crippen molar-refractivity contribution in [3.05, 3.63) is 34.3 Å². The largest absolute Gasteiger partial charge is 0.491 e. The molecule has 0 radical (unpaired) electrons. The Morgan fingerprint density at radius 1 is 1.47 bits per heavy atom. The first-order chi connectivity index (χ1) is 9.04. The van der Waals surface area contributed by atoms with E-state index in [1.807, 2.05) is 0 Å². The number of carbonyl (C=O) groups is 2. The Labute approximate surface area is 119 Å². The van der Waals surface area contributed by atoms with Crippen LogP contribution in [-0.4, -0.2) is 30.6 Å². The molecule has 0 bridgehead atoms. The van der Waals surface area contributed by atoms with E-state index < -0.39 is 5.97 Å². The summed E-state index contributed by atoms with van der Waals surface area (Å²) in [7, 11) is 1.56. The van der Waals surface area contributed by atoms with E-state index in [9.17, 15) is 9.59 Å². The number of hydrogen-bond donors (Lipinski definition) is 2. The molecule has 5 nitrogen and oxygen atoms in total. The van der Waals surface area contributed by atoms with Gasteiger partial charge in [-0.3, -0.25) is 4.79 Å². The van der Waals surface area contributed by atoms with Gasteiger partial charge in [-0.25, -0.2) is 4.79 Å². The SMILES string of the molecule is CNC(=O)CCOc1c(Br)cccc1C=CC(=O)O. The summed E-state index contributed by atoms with van der Waals surface area (Å²) in [4.78, 5) is 21.6. The van der Waals surface area contributed by atoms with Crippen LogP contribution in [0.25, 0.3) is 6.08 Å². The molecule has 0 heterocycles. The number of carbonyl (C=O) groups excluding carboxylic acids is 1. The lowest BCUT2D eigenvalue weighted by molar-refractivity contribution is -0.131. The third kappa shape index (κ3) is 5.13. The van der Waals surface area contributed by atoms with Crippen LogP contribution < -0.4 is 10.1 Å². The van der Waals surface area contributed by atoms with E-state index in [-0.39, 0.29) is 18.9 Å². The number of rotatable bonds is 6. The zero-order valence-electron chi connectivity index (χ0n) is 10.4. The summed E-state index contributed by atoms with van der Waals surface area (Å²) in [6.07, 6.45) is 2.72. The van der Waals surface area contributed by atoms with Crippen molar-refractivity contribution in [1.82, 2.24) is 5.32 Å². The Morgan fingerprint density at radius 3 is 2.84 bits per heavy atom. The number of benzene rings is 1. The number of aliphatic carboxylic acids is 1. The van der Waals surface area contributed by atoms with E-state index in [1.54, 1.807) is 25.2 Å². The molecule has 0 saturated carbocycles. The predicted octanol–water partition coefficient (Wildman–Crippen LogP) is 2.06. The summed E-state index contributed by atoms with van der Waals surface area (Å²) in [6, 6.07) is 5.30. The van der Waals surface area contributed by atoms with Gasteiger partial charge < -0.3 is 15.2 Å². The van der Waals surface area contributed by atoms with E-state index in [0.717, 1.165) is 6.08 Å². The molecule has 102 valence electrons. The number of halogens is 1. The van der Waals surface area contributed by atoms with Crippen LogP contribution in [0.5, 0.6) is 5.75 Å². The topological polar surface area (TPSA) is 75.6 Å². The second-order valence-electron chi connectivity index (χ2n) is 3.60. The van der Waals surface area contributed by atoms with Crippen LogP contribution in [0.3, 0.4) is 0 Å². The molecule has 0 spiro atoms. The van der Waals surface area contributed by atoms with Gasteiger partial charge >= 0.3 is 5.97 Å². The zero-order chi connectivity index (χ0) is 14.3. The molecule has 1 rings (SSSR count). The highest BCUT2D eigenvalue weighted by Crippen LogP contribution is 2.30. The summed E-state index contributed by atoms with van der Waals surface area (Å²) in [5, 5.41) is 11.1. The van der Waals surface area contributed by atoms with Crippen molar-refractivity contribution in [3.8, 4) is 5.75 Å². The fourth-order valence-electron chi connectivity index (χ4n) is 1.34. The Hall–Kier alpha value is -1.82. The Kier molecular flexibility index (Phi) is 6.08. The number of carboxylic acid groups (broad SMARTS) is 1. The maximum absolute atomic E-state index is 11.1. The monoisotopic (exact) mass is 327 g/mol. The highest BCUT2D eigenvalue weighted by molar-refractivity contribution is 9.10. The van der Waals surface area contributed by atoms with Crippen molar-refractivity contribution in [1.29, 1.82) is 0 Å². The van der Waals surface area contributed by atoms with E-state index >= 15 is 0 Å². The fourth-order valence-corrected chi connectivity index (χ4v) is 1.84. The second kappa shape index (κ2) is 7.58. The van der Waals surface area contributed by atoms with Crippen molar-refractivity contribution >= 4 is 33.9 Å². The first-order valence-electron chi connectivity index (χ1n) is 5.57. The average molecular weight is 328 g/mol. The lowest BCUT2D eigenvalue weighted by atomic mass is 10.2. The maximum atomic E-state index is 11.1. The van der Waals surface area contributed by atoms with Gasteiger partial charge in [-0.2, -0.15) is 0 Å². The van der Waals surface area contributed by atoms with Gasteiger partial charge in [-0.15, -0.1) is 0 Å². The van der Waals surface area contributed by atoms with Crippen LogP contribution in [-0.2, 0) is 9.59 Å². The minimum Gasteiger partial charge on any atom is -0.491 e. The number of hydrogen-bond acceptors (Lipinski definition) is 3. The normalized spacial score (nSPS) is 10.4. The van der Waals surface area contributed by atoms with Gasteiger partial charge in [0, 0.05) is 18.7 Å². The van der Waals surface area contributed by atoms with Crippen LogP contribution in [0.4, 0.5) is 0 Å². The van der Waals surface area contributed by atoms with Crippen molar-refractivity contribution in [2.24, 2.45) is 0 Å². The number of para-hydroxylation sites is 1. The van der Waals surface area contributed by atoms with Gasteiger partial charge in [0.25, 0.3) is 0 Å². The molecule has 19 heavy (non-hydrogen) atoms. The van der Waals surface area contributed by atoms with Crippen LogP contribution in [0.2, 0.25) is 0 Å². The van der Waals surface area contributed by atoms with Gasteiger partial charge in [0.1, 0.15) is 5.75 Å². The van der Waals surface area contributed by atoms with Crippen LogP contribution >= 0.6 is 15.9 Å². The number of nitrogens with one attached hydrogen (secondary N) is 1. The molecule has 0 unspecified atom stereocenters. The van der Waals surface area contributed by atoms with Crippen molar-refractivity contribution < 1.29 is 19.4 Å². The molecule has 2 N–H and O–H groups in total. The number of ether oxygens (including phenoxy) is 1. The van der Waals surface area contributed by atoms with E-state index in [0.29, 0.717) is 15.8 Å². The first-order valence-corrected chi connectivity index (χ1v) is 6.36. The van der Waals surface area contributed by atoms with Crippen LogP contribution in [0, 0.1) is 0 Å². The zero-order valence-corrected chi connectivity index (χ0v) is 11.9. The van der Waals surface area contributed by atoms with Crippen molar-refractivity contribution in [2.75, 3.05) is 13.7 Å². The van der Waals surface area contributed by atoms with E-state index in [2.05, 4.69) is 21.2 Å². The van der Waals surface area contributed by atoms with Crippen molar-refractivity contribution in [3.63, 3.8) is 0 Å². The summed E-state index contributed by atoms with van der Waals surface area (Å²) in [5.41, 5.74) is 0.633. The molecule has 1 aromatic carbocycles. The van der Waals surface area contributed by atoms with Gasteiger partial charge in [-0.05, 0) is 28.1 Å². The van der Waals surface area contributed by atoms with Gasteiger partial charge in [-0.1, -0.05) is 12.1 Å². The van der Waals surface area contributed by atoms with E-state index in [4.69, 9.17) is 9.84 Å². The minimum absolute atomic E-state index is 0.116. The molecule has 0 atom stereocenters. The second-order valence-corrected chi connectivity index (χ2v) is 4.46. The van der Waals surface area contributed by atoms with Gasteiger partial charge in [0.15, 0.2) is 0 Å². The molecule has 0 fully saturated rings. The maximum Gasteiger partial charge on any atom is 0.328 e. The molecule has 0 saturated heterocycles. The number of amides is 1. The van der Waals surface area contributed by atoms with Crippen LogP contribution in [0.15, 0.2) is 28.7 Å². The summed E-state index contributed by atoms with van der Waals surface area (Å²) >= 11 is 3.33. The third-order valence-electron chi connectivity index (χ3n) is 2.26. The molecular weight excluding hydrogens is 314 g/mol. The smallest absolute Gasteiger partial charge is 0.328 e. The molecule has 0 aromatic heterocycles. The molecule has 1 amide bonds. The highest BCUT2D eigenvalue weighted by atomic mass is 79.9. The summed E-state index contributed by atoms with van der Waals surface area (Å²) in [6.45, 7) is 0.218. The molecule has 6 heteroatoms. The quantitative estimate of drug-likeness (QED) is 0.784. The Morgan fingerprint density at radius 2 is 2.21 bits per heavy atom. The predicted molar refractivity (Wildman–Crippen MR) is 75.0 cm³/mol.